The molecule has 0 bridgehead atoms. The standard InChI is InChI=1S/C14H13N3O2S/c1-9-8-17-11(13(19)16-14(17)20-9)7-12(18)15-10-5-3-2-4-6-10/h2-6,8,11H,7H2,1H3,(H,15,18). The van der Waals surface area contributed by atoms with Gasteiger partial charge in [-0.15, -0.1) is 0 Å². The van der Waals surface area contributed by atoms with Crippen molar-refractivity contribution in [2.75, 3.05) is 5.32 Å². The molecule has 0 saturated carbocycles. The number of nitrogens with one attached hydrogen (secondary N) is 1. The molecule has 5 nitrogen and oxygen atoms in total. The molecule has 1 N–H and O–H groups in total. The molecule has 2 aliphatic heterocycles. The minimum Gasteiger partial charge on any atom is -0.326 e. The maximum absolute atomic E-state index is 12.0. The second-order valence-electron chi connectivity index (χ2n) is 4.62. The van der Waals surface area contributed by atoms with Crippen molar-refractivity contribution in [2.45, 2.75) is 19.4 Å². The number of amides is 2. The number of allylic oxidation sites excluding steroid dienone is 1. The van der Waals surface area contributed by atoms with Gasteiger partial charge in [-0.05, 0) is 19.1 Å². The summed E-state index contributed by atoms with van der Waals surface area (Å²) in [5, 5.41) is 3.46. The Kier molecular flexibility index (Phi) is 3.31. The molecule has 1 aromatic carbocycles. The van der Waals surface area contributed by atoms with Gasteiger partial charge in [-0.25, -0.2) is 0 Å². The number of thioether (sulfide) groups is 1. The minimum absolute atomic E-state index is 0.102. The van der Waals surface area contributed by atoms with E-state index < -0.39 is 6.04 Å². The van der Waals surface area contributed by atoms with Crippen molar-refractivity contribution in [2.24, 2.45) is 4.99 Å². The topological polar surface area (TPSA) is 61.8 Å². The summed E-state index contributed by atoms with van der Waals surface area (Å²) in [6.45, 7) is 1.96. The van der Waals surface area contributed by atoms with Gasteiger partial charge >= 0.3 is 0 Å². The fraction of sp³-hybridized carbons (Fsp3) is 0.214. The Morgan fingerprint density at radius 2 is 2.15 bits per heavy atom. The van der Waals surface area contributed by atoms with Gasteiger partial charge in [-0.1, -0.05) is 30.0 Å². The summed E-state index contributed by atoms with van der Waals surface area (Å²) in [6, 6.07) is 8.68. The molecule has 1 unspecified atom stereocenters. The van der Waals surface area contributed by atoms with E-state index >= 15 is 0 Å². The lowest BCUT2D eigenvalue weighted by molar-refractivity contribution is -0.124. The van der Waals surface area contributed by atoms with Gasteiger partial charge in [0.25, 0.3) is 5.91 Å². The number of para-hydroxylation sites is 1. The molecular formula is C14H13N3O2S. The number of carbonyl (C=O) groups is 2. The van der Waals surface area contributed by atoms with Crippen LogP contribution in [0.1, 0.15) is 13.3 Å². The Morgan fingerprint density at radius 3 is 2.90 bits per heavy atom. The Balaban J connectivity index is 1.66. The molecular weight excluding hydrogens is 274 g/mol. The van der Waals surface area contributed by atoms with Gasteiger partial charge in [0.05, 0.1) is 6.42 Å². The van der Waals surface area contributed by atoms with Crippen LogP contribution < -0.4 is 5.32 Å². The molecule has 6 heteroatoms. The number of carbonyl (C=O) groups excluding carboxylic acids is 2. The summed E-state index contributed by atoms with van der Waals surface area (Å²) >= 11 is 1.46. The van der Waals surface area contributed by atoms with E-state index in [2.05, 4.69) is 10.3 Å². The van der Waals surface area contributed by atoms with E-state index in [1.165, 1.54) is 11.8 Å². The van der Waals surface area contributed by atoms with Crippen molar-refractivity contribution >= 4 is 34.4 Å². The van der Waals surface area contributed by atoms with Crippen LogP contribution in [0.3, 0.4) is 0 Å². The number of rotatable bonds is 3. The van der Waals surface area contributed by atoms with Crippen LogP contribution >= 0.6 is 11.8 Å². The summed E-state index contributed by atoms with van der Waals surface area (Å²) in [5.41, 5.74) is 0.728. The third kappa shape index (κ3) is 2.46. The van der Waals surface area contributed by atoms with Gasteiger partial charge in [0.15, 0.2) is 5.17 Å². The number of amidine groups is 1. The lowest BCUT2D eigenvalue weighted by Gasteiger charge is -2.17. The Hall–Kier alpha value is -2.08. The molecule has 0 aromatic heterocycles. The van der Waals surface area contributed by atoms with E-state index in [1.54, 1.807) is 4.90 Å². The van der Waals surface area contributed by atoms with Gasteiger partial charge in [-0.2, -0.15) is 4.99 Å². The lowest BCUT2D eigenvalue weighted by atomic mass is 10.1. The van der Waals surface area contributed by atoms with Gasteiger partial charge < -0.3 is 10.2 Å². The Bertz CT molecular complexity index is 625. The molecule has 2 aliphatic rings. The molecule has 0 radical (unpaired) electrons. The smallest absolute Gasteiger partial charge is 0.271 e. The first-order chi connectivity index (χ1) is 9.63. The monoisotopic (exact) mass is 287 g/mol. The van der Waals surface area contributed by atoms with Crippen molar-refractivity contribution in [3.8, 4) is 0 Å². The fourth-order valence-electron chi connectivity index (χ4n) is 2.16. The van der Waals surface area contributed by atoms with Gasteiger partial charge in [0.1, 0.15) is 6.04 Å². The van der Waals surface area contributed by atoms with Gasteiger partial charge in [0, 0.05) is 16.8 Å². The van der Waals surface area contributed by atoms with Crippen LogP contribution in [0.2, 0.25) is 0 Å². The first-order valence-electron chi connectivity index (χ1n) is 6.25. The number of hydrogen-bond acceptors (Lipinski definition) is 4. The predicted octanol–water partition coefficient (Wildman–Crippen LogP) is 2.19. The SMILES string of the molecule is CC1=CN2C(=NC(=O)C2CC(=O)Nc2ccccc2)S1. The molecule has 0 spiro atoms. The van der Waals surface area contributed by atoms with Crippen molar-refractivity contribution in [3.05, 3.63) is 41.4 Å². The molecule has 1 aromatic rings. The van der Waals surface area contributed by atoms with Crippen LogP contribution in [0.5, 0.6) is 0 Å². The molecule has 0 fully saturated rings. The third-order valence-corrected chi connectivity index (χ3v) is 3.97. The van der Waals surface area contributed by atoms with Crippen LogP contribution in [-0.2, 0) is 9.59 Å². The van der Waals surface area contributed by atoms with Crippen LogP contribution in [0.4, 0.5) is 5.69 Å². The molecule has 3 rings (SSSR count). The number of nitrogens with zero attached hydrogens (tertiary/aromatic N) is 2. The van der Waals surface area contributed by atoms with E-state index in [1.807, 2.05) is 43.5 Å². The predicted molar refractivity (Wildman–Crippen MR) is 79.1 cm³/mol. The quantitative estimate of drug-likeness (QED) is 0.925. The fourth-order valence-corrected chi connectivity index (χ4v) is 3.04. The van der Waals surface area contributed by atoms with Crippen LogP contribution in [0, 0.1) is 0 Å². The van der Waals surface area contributed by atoms with E-state index in [0.717, 1.165) is 10.6 Å². The van der Waals surface area contributed by atoms with E-state index in [-0.39, 0.29) is 18.2 Å². The van der Waals surface area contributed by atoms with Gasteiger partial charge in [-0.3, -0.25) is 9.59 Å². The summed E-state index contributed by atoms with van der Waals surface area (Å²) in [7, 11) is 0. The number of benzene rings is 1. The average molecular weight is 287 g/mol. The first kappa shape index (κ1) is 12.9. The normalized spacial score (nSPS) is 20.6. The second kappa shape index (κ2) is 5.13. The van der Waals surface area contributed by atoms with Gasteiger partial charge in [0.2, 0.25) is 5.91 Å². The van der Waals surface area contributed by atoms with Crippen molar-refractivity contribution in [1.82, 2.24) is 4.90 Å². The summed E-state index contributed by atoms with van der Waals surface area (Å²) in [4.78, 5) is 30.7. The van der Waals surface area contributed by atoms with E-state index in [0.29, 0.717) is 5.17 Å². The minimum atomic E-state index is -0.515. The highest BCUT2D eigenvalue weighted by Crippen LogP contribution is 2.34. The maximum atomic E-state index is 12.0. The first-order valence-corrected chi connectivity index (χ1v) is 7.07. The van der Waals surface area contributed by atoms with Crippen molar-refractivity contribution in [1.29, 1.82) is 0 Å². The molecule has 2 amide bonds. The van der Waals surface area contributed by atoms with Crippen LogP contribution in [0.25, 0.3) is 0 Å². The Morgan fingerprint density at radius 1 is 1.40 bits per heavy atom. The molecule has 0 saturated heterocycles. The van der Waals surface area contributed by atoms with E-state index in [9.17, 15) is 9.59 Å². The van der Waals surface area contributed by atoms with Crippen molar-refractivity contribution < 1.29 is 9.59 Å². The maximum Gasteiger partial charge on any atom is 0.271 e. The largest absolute Gasteiger partial charge is 0.326 e. The molecule has 20 heavy (non-hydrogen) atoms. The number of fused-ring (bicyclic) bond motifs is 1. The lowest BCUT2D eigenvalue weighted by Crippen LogP contribution is -2.35. The zero-order valence-corrected chi connectivity index (χ0v) is 11.7. The van der Waals surface area contributed by atoms with Crippen molar-refractivity contribution in [3.63, 3.8) is 0 Å². The second-order valence-corrected chi connectivity index (χ2v) is 5.83. The molecule has 0 aliphatic carbocycles. The van der Waals surface area contributed by atoms with Crippen LogP contribution in [-0.4, -0.2) is 27.9 Å². The molecule has 1 atom stereocenters. The average Bonchev–Trinajstić information content (AvgIpc) is 2.89. The summed E-state index contributed by atoms with van der Waals surface area (Å²) in [5.74, 6) is -0.437. The summed E-state index contributed by atoms with van der Waals surface area (Å²) < 4.78 is 0. The number of hydrogen-bond donors (Lipinski definition) is 1. The zero-order valence-electron chi connectivity index (χ0n) is 10.9. The number of anilines is 1. The molecule has 2 heterocycles. The highest BCUT2D eigenvalue weighted by molar-refractivity contribution is 8.17. The van der Waals surface area contributed by atoms with E-state index in [4.69, 9.17) is 0 Å². The zero-order chi connectivity index (χ0) is 14.1. The Labute approximate surface area is 120 Å². The highest BCUT2D eigenvalue weighted by atomic mass is 32.2. The molecule has 102 valence electrons. The number of aliphatic imine (C=N–C) groups is 1. The van der Waals surface area contributed by atoms with Crippen LogP contribution in [0.15, 0.2) is 46.4 Å². The third-order valence-electron chi connectivity index (χ3n) is 3.06. The summed E-state index contributed by atoms with van der Waals surface area (Å²) in [6.07, 6.45) is 1.97. The highest BCUT2D eigenvalue weighted by Gasteiger charge is 2.38.